The molecule has 6 heteroatoms. The van der Waals surface area contributed by atoms with Crippen LogP contribution in [0.1, 0.15) is 30.4 Å². The zero-order valence-electron chi connectivity index (χ0n) is 13.8. The smallest absolute Gasteiger partial charge is 0.230 e. The second-order valence-electron chi connectivity index (χ2n) is 5.40. The third kappa shape index (κ3) is 6.48. The minimum atomic E-state index is -0.199. The van der Waals surface area contributed by atoms with Gasteiger partial charge in [0.2, 0.25) is 5.91 Å². The van der Waals surface area contributed by atoms with Gasteiger partial charge in [-0.25, -0.2) is 0 Å². The van der Waals surface area contributed by atoms with Crippen LogP contribution in [0.3, 0.4) is 0 Å². The number of pyridine rings is 1. The van der Waals surface area contributed by atoms with Gasteiger partial charge < -0.3 is 10.6 Å². The van der Waals surface area contributed by atoms with E-state index in [2.05, 4.69) is 4.98 Å². The molecule has 132 valence electrons. The summed E-state index contributed by atoms with van der Waals surface area (Å²) in [5.41, 5.74) is 7.68. The first-order valence-corrected chi connectivity index (χ1v) is 7.65. The molecular formula is C18H25Cl2N3O. The third-order valence-corrected chi connectivity index (χ3v) is 3.71. The molecule has 0 radical (unpaired) electrons. The number of rotatable bonds is 7. The predicted octanol–water partition coefficient (Wildman–Crippen LogP) is 3.41. The van der Waals surface area contributed by atoms with Gasteiger partial charge in [0.25, 0.3) is 0 Å². The highest BCUT2D eigenvalue weighted by Crippen LogP contribution is 2.18. The van der Waals surface area contributed by atoms with E-state index in [1.54, 1.807) is 12.4 Å². The number of hydrogen-bond acceptors (Lipinski definition) is 3. The molecule has 1 atom stereocenters. The number of carbonyl (C=O) groups is 1. The number of amides is 1. The summed E-state index contributed by atoms with van der Waals surface area (Å²) in [5.74, 6) is -0.0829. The van der Waals surface area contributed by atoms with E-state index in [1.165, 1.54) is 0 Å². The maximum Gasteiger partial charge on any atom is 0.230 e. The number of hydrogen-bond donors (Lipinski definition) is 1. The summed E-state index contributed by atoms with van der Waals surface area (Å²) in [6.45, 7) is 3.80. The third-order valence-electron chi connectivity index (χ3n) is 3.71. The van der Waals surface area contributed by atoms with Gasteiger partial charge in [0.15, 0.2) is 0 Å². The van der Waals surface area contributed by atoms with Gasteiger partial charge >= 0.3 is 0 Å². The Morgan fingerprint density at radius 1 is 1.17 bits per heavy atom. The highest BCUT2D eigenvalue weighted by Gasteiger charge is 2.21. The number of carbonyl (C=O) groups excluding carboxylic acids is 1. The molecule has 2 rings (SSSR count). The molecule has 24 heavy (non-hydrogen) atoms. The predicted molar refractivity (Wildman–Crippen MR) is 103 cm³/mol. The van der Waals surface area contributed by atoms with Gasteiger partial charge in [0, 0.05) is 25.5 Å². The number of nitrogens with zero attached hydrogens (tertiary/aromatic N) is 2. The molecular weight excluding hydrogens is 345 g/mol. The van der Waals surface area contributed by atoms with Crippen molar-refractivity contribution in [1.29, 1.82) is 0 Å². The maximum absolute atomic E-state index is 12.8. The number of aromatic nitrogens is 1. The minimum Gasteiger partial charge on any atom is -0.338 e. The lowest BCUT2D eigenvalue weighted by Gasteiger charge is -2.26. The summed E-state index contributed by atoms with van der Waals surface area (Å²) in [7, 11) is 0. The minimum absolute atomic E-state index is 0. The van der Waals surface area contributed by atoms with E-state index in [4.69, 9.17) is 5.73 Å². The largest absolute Gasteiger partial charge is 0.338 e. The summed E-state index contributed by atoms with van der Waals surface area (Å²) in [5, 5.41) is 0. The van der Waals surface area contributed by atoms with Gasteiger partial charge in [0.05, 0.1) is 5.92 Å². The quantitative estimate of drug-likeness (QED) is 0.813. The van der Waals surface area contributed by atoms with Crippen molar-refractivity contribution in [3.63, 3.8) is 0 Å². The molecule has 0 aliphatic heterocycles. The van der Waals surface area contributed by atoms with Gasteiger partial charge in [-0.2, -0.15) is 0 Å². The highest BCUT2D eigenvalue weighted by molar-refractivity contribution is 5.85. The van der Waals surface area contributed by atoms with Crippen molar-refractivity contribution in [2.24, 2.45) is 5.73 Å². The SMILES string of the molecule is CC(C(=O)N(CCCN)Cc1ccccc1)c1cccnc1.Cl.Cl. The monoisotopic (exact) mass is 369 g/mol. The normalized spacial score (nSPS) is 10.9. The Kier molecular flexibility index (Phi) is 11.0. The van der Waals surface area contributed by atoms with E-state index in [0.717, 1.165) is 17.5 Å². The lowest BCUT2D eigenvalue weighted by molar-refractivity contribution is -0.133. The fourth-order valence-corrected chi connectivity index (χ4v) is 2.40. The lowest BCUT2D eigenvalue weighted by atomic mass is 10.0. The average Bonchev–Trinajstić information content (AvgIpc) is 2.59. The molecule has 2 N–H and O–H groups in total. The second-order valence-corrected chi connectivity index (χ2v) is 5.40. The van der Waals surface area contributed by atoms with Crippen molar-refractivity contribution >= 4 is 30.7 Å². The van der Waals surface area contributed by atoms with Gasteiger partial charge in [-0.05, 0) is 37.1 Å². The number of nitrogens with two attached hydrogens (primary N) is 1. The van der Waals surface area contributed by atoms with Crippen molar-refractivity contribution in [3.05, 3.63) is 66.0 Å². The van der Waals surface area contributed by atoms with E-state index in [0.29, 0.717) is 19.6 Å². The molecule has 0 fully saturated rings. The molecule has 1 aromatic carbocycles. The molecule has 4 nitrogen and oxygen atoms in total. The average molecular weight is 370 g/mol. The molecule has 0 saturated heterocycles. The van der Waals surface area contributed by atoms with Crippen molar-refractivity contribution in [2.45, 2.75) is 25.8 Å². The number of halogens is 2. The summed E-state index contributed by atoms with van der Waals surface area (Å²) in [6.07, 6.45) is 4.28. The Bertz CT molecular complexity index is 581. The second kappa shape index (κ2) is 11.8. The molecule has 1 aromatic heterocycles. The summed E-state index contributed by atoms with van der Waals surface area (Å²) < 4.78 is 0. The van der Waals surface area contributed by atoms with E-state index in [9.17, 15) is 4.79 Å². The van der Waals surface area contributed by atoms with Crippen molar-refractivity contribution in [1.82, 2.24) is 9.88 Å². The van der Waals surface area contributed by atoms with Gasteiger partial charge in [0.1, 0.15) is 0 Å². The van der Waals surface area contributed by atoms with Crippen LogP contribution in [0.5, 0.6) is 0 Å². The van der Waals surface area contributed by atoms with Crippen LogP contribution in [0.15, 0.2) is 54.9 Å². The van der Waals surface area contributed by atoms with Crippen LogP contribution in [-0.4, -0.2) is 28.9 Å². The zero-order valence-corrected chi connectivity index (χ0v) is 15.4. The van der Waals surface area contributed by atoms with Crippen LogP contribution in [-0.2, 0) is 11.3 Å². The summed E-state index contributed by atoms with van der Waals surface area (Å²) >= 11 is 0. The molecule has 1 heterocycles. The van der Waals surface area contributed by atoms with Crippen LogP contribution in [0.4, 0.5) is 0 Å². The Morgan fingerprint density at radius 3 is 2.46 bits per heavy atom. The van der Waals surface area contributed by atoms with Gasteiger partial charge in [-0.1, -0.05) is 36.4 Å². The van der Waals surface area contributed by atoms with Crippen LogP contribution >= 0.6 is 24.8 Å². The van der Waals surface area contributed by atoms with E-state index >= 15 is 0 Å². The number of benzene rings is 1. The Morgan fingerprint density at radius 2 is 1.88 bits per heavy atom. The summed E-state index contributed by atoms with van der Waals surface area (Å²) in [4.78, 5) is 18.8. The van der Waals surface area contributed by atoms with Crippen molar-refractivity contribution in [3.8, 4) is 0 Å². The van der Waals surface area contributed by atoms with Gasteiger partial charge in [-0.15, -0.1) is 24.8 Å². The summed E-state index contributed by atoms with van der Waals surface area (Å²) in [6, 6.07) is 13.8. The molecule has 0 aliphatic rings. The fourth-order valence-electron chi connectivity index (χ4n) is 2.40. The first kappa shape index (κ1) is 22.4. The Hall–Kier alpha value is -1.62. The fraction of sp³-hybridized carbons (Fsp3) is 0.333. The molecule has 0 spiro atoms. The maximum atomic E-state index is 12.8. The highest BCUT2D eigenvalue weighted by atomic mass is 35.5. The zero-order chi connectivity index (χ0) is 15.8. The molecule has 1 amide bonds. The van der Waals surface area contributed by atoms with E-state index < -0.39 is 0 Å². The van der Waals surface area contributed by atoms with Crippen LogP contribution in [0.2, 0.25) is 0 Å². The van der Waals surface area contributed by atoms with E-state index in [1.807, 2.05) is 54.3 Å². The van der Waals surface area contributed by atoms with Crippen LogP contribution in [0.25, 0.3) is 0 Å². The standard InChI is InChI=1S/C18H23N3O.2ClH/c1-15(17-9-5-11-20-13-17)18(22)21(12-6-10-19)14-16-7-3-2-4-8-16;;/h2-5,7-9,11,13,15H,6,10,12,14,19H2,1H3;2*1H. The topological polar surface area (TPSA) is 59.2 Å². The van der Waals surface area contributed by atoms with E-state index in [-0.39, 0.29) is 36.6 Å². The molecule has 0 aliphatic carbocycles. The van der Waals surface area contributed by atoms with Gasteiger partial charge in [-0.3, -0.25) is 9.78 Å². The van der Waals surface area contributed by atoms with Crippen LogP contribution < -0.4 is 5.73 Å². The molecule has 0 saturated carbocycles. The first-order valence-electron chi connectivity index (χ1n) is 7.65. The molecule has 2 aromatic rings. The Labute approximate surface area is 156 Å². The lowest BCUT2D eigenvalue weighted by Crippen LogP contribution is -2.35. The van der Waals surface area contributed by atoms with Crippen LogP contribution in [0, 0.1) is 0 Å². The first-order chi connectivity index (χ1) is 10.7. The molecule has 1 unspecified atom stereocenters. The Balaban J connectivity index is 0.00000264. The van der Waals surface area contributed by atoms with Crippen molar-refractivity contribution in [2.75, 3.05) is 13.1 Å². The molecule has 0 bridgehead atoms. The van der Waals surface area contributed by atoms with Crippen molar-refractivity contribution < 1.29 is 4.79 Å².